The zero-order valence-electron chi connectivity index (χ0n) is 12.7. The van der Waals surface area contributed by atoms with Crippen molar-refractivity contribution in [3.63, 3.8) is 0 Å². The summed E-state index contributed by atoms with van der Waals surface area (Å²) in [6, 6.07) is 6.73. The Morgan fingerprint density at radius 3 is 2.58 bits per heavy atom. The second kappa shape index (κ2) is 5.88. The Kier molecular flexibility index (Phi) is 3.88. The Bertz CT molecular complexity index is 938. The zero-order valence-corrected chi connectivity index (χ0v) is 12.7. The molecule has 1 heterocycles. The average Bonchev–Trinajstić information content (AvgIpc) is 2.95. The number of benzene rings is 2. The van der Waals surface area contributed by atoms with Crippen LogP contribution in [-0.4, -0.2) is 25.2 Å². The molecule has 0 saturated heterocycles. The van der Waals surface area contributed by atoms with E-state index in [-0.39, 0.29) is 5.82 Å². The predicted molar refractivity (Wildman–Crippen MR) is 82.6 cm³/mol. The van der Waals surface area contributed by atoms with Crippen LogP contribution in [0.1, 0.15) is 10.4 Å². The number of anilines is 2. The lowest BCUT2D eigenvalue weighted by molar-refractivity contribution is 0.102. The lowest BCUT2D eigenvalue weighted by atomic mass is 10.1. The van der Waals surface area contributed by atoms with Gasteiger partial charge in [0.1, 0.15) is 0 Å². The first-order chi connectivity index (χ1) is 11.4. The van der Waals surface area contributed by atoms with Crippen molar-refractivity contribution in [1.82, 2.24) is 5.16 Å². The number of nitrogens with one attached hydrogen (secondary N) is 1. The molecule has 0 bridgehead atoms. The summed E-state index contributed by atoms with van der Waals surface area (Å²) in [6.07, 6.45) is 0. The van der Waals surface area contributed by atoms with E-state index < -0.39 is 28.9 Å². The highest BCUT2D eigenvalue weighted by atomic mass is 19.2. The first-order valence-corrected chi connectivity index (χ1v) is 6.90. The number of fused-ring (bicyclic) bond motifs is 1. The molecule has 1 aromatic heterocycles. The van der Waals surface area contributed by atoms with E-state index in [4.69, 9.17) is 4.52 Å². The standard InChI is InChI=1S/C16H12F3N3O2/c1-22(2)10-4-3-5-11-12(10)15(21-24-11)20-16(23)8-6-7-9(17)14(19)13(8)18/h3-7H,1-2H3,(H,20,21,23). The van der Waals surface area contributed by atoms with Gasteiger partial charge in [-0.05, 0) is 24.3 Å². The molecule has 1 N–H and O–H groups in total. The van der Waals surface area contributed by atoms with Crippen molar-refractivity contribution < 1.29 is 22.5 Å². The predicted octanol–water partition coefficient (Wildman–Crippen LogP) is 3.56. The summed E-state index contributed by atoms with van der Waals surface area (Å²) >= 11 is 0. The van der Waals surface area contributed by atoms with Crippen LogP contribution in [0.3, 0.4) is 0 Å². The molecule has 24 heavy (non-hydrogen) atoms. The summed E-state index contributed by atoms with van der Waals surface area (Å²) in [5, 5.41) is 6.63. The van der Waals surface area contributed by atoms with Crippen LogP contribution in [0.15, 0.2) is 34.9 Å². The van der Waals surface area contributed by atoms with E-state index in [0.29, 0.717) is 17.0 Å². The number of nitrogens with zero attached hydrogens (tertiary/aromatic N) is 2. The number of amides is 1. The minimum Gasteiger partial charge on any atom is -0.377 e. The fourth-order valence-electron chi connectivity index (χ4n) is 2.31. The highest BCUT2D eigenvalue weighted by Crippen LogP contribution is 2.32. The van der Waals surface area contributed by atoms with E-state index in [1.54, 1.807) is 37.2 Å². The molecule has 0 spiro atoms. The number of aromatic nitrogens is 1. The molecule has 0 aliphatic carbocycles. The van der Waals surface area contributed by atoms with Crippen molar-refractivity contribution in [3.8, 4) is 0 Å². The van der Waals surface area contributed by atoms with Gasteiger partial charge >= 0.3 is 0 Å². The highest BCUT2D eigenvalue weighted by Gasteiger charge is 2.21. The Hall–Kier alpha value is -3.03. The number of rotatable bonds is 3. The Morgan fingerprint density at radius 1 is 1.12 bits per heavy atom. The van der Waals surface area contributed by atoms with Crippen molar-refractivity contribution in [2.24, 2.45) is 0 Å². The fourth-order valence-corrected chi connectivity index (χ4v) is 2.31. The SMILES string of the molecule is CN(C)c1cccc2onc(NC(=O)c3ccc(F)c(F)c3F)c12. The van der Waals surface area contributed by atoms with Gasteiger partial charge in [-0.2, -0.15) is 0 Å². The van der Waals surface area contributed by atoms with Crippen molar-refractivity contribution in [2.75, 3.05) is 24.3 Å². The molecule has 8 heteroatoms. The Morgan fingerprint density at radius 2 is 1.88 bits per heavy atom. The lowest BCUT2D eigenvalue weighted by Crippen LogP contribution is -2.16. The molecule has 0 unspecified atom stereocenters. The number of hydrogen-bond acceptors (Lipinski definition) is 4. The van der Waals surface area contributed by atoms with Gasteiger partial charge in [0.2, 0.25) is 0 Å². The summed E-state index contributed by atoms with van der Waals surface area (Å²) in [7, 11) is 3.59. The van der Waals surface area contributed by atoms with Gasteiger partial charge in [-0.1, -0.05) is 11.2 Å². The van der Waals surface area contributed by atoms with Crippen LogP contribution < -0.4 is 10.2 Å². The van der Waals surface area contributed by atoms with Crippen LogP contribution in [0.4, 0.5) is 24.7 Å². The van der Waals surface area contributed by atoms with Crippen LogP contribution in [0.25, 0.3) is 11.0 Å². The average molecular weight is 335 g/mol. The molecule has 0 atom stereocenters. The third-order valence-electron chi connectivity index (χ3n) is 3.47. The maximum atomic E-state index is 13.7. The van der Waals surface area contributed by atoms with E-state index in [2.05, 4.69) is 10.5 Å². The van der Waals surface area contributed by atoms with Crippen LogP contribution in [0.2, 0.25) is 0 Å². The molecular formula is C16H12F3N3O2. The molecule has 0 saturated carbocycles. The van der Waals surface area contributed by atoms with Crippen LogP contribution >= 0.6 is 0 Å². The first kappa shape index (κ1) is 15.9. The van der Waals surface area contributed by atoms with Gasteiger partial charge in [0.05, 0.1) is 16.6 Å². The minimum absolute atomic E-state index is 0.0587. The summed E-state index contributed by atoms with van der Waals surface area (Å²) in [6.45, 7) is 0. The zero-order chi connectivity index (χ0) is 17.4. The summed E-state index contributed by atoms with van der Waals surface area (Å²) in [4.78, 5) is 14.0. The molecule has 1 amide bonds. The topological polar surface area (TPSA) is 58.4 Å². The molecule has 3 rings (SSSR count). The lowest BCUT2D eigenvalue weighted by Gasteiger charge is -2.13. The van der Waals surface area contributed by atoms with Crippen molar-refractivity contribution in [2.45, 2.75) is 0 Å². The van der Waals surface area contributed by atoms with Crippen molar-refractivity contribution >= 4 is 28.4 Å². The molecular weight excluding hydrogens is 323 g/mol. The van der Waals surface area contributed by atoms with Crippen LogP contribution in [-0.2, 0) is 0 Å². The number of carbonyl (C=O) groups is 1. The first-order valence-electron chi connectivity index (χ1n) is 6.90. The molecule has 0 aliphatic rings. The van der Waals surface area contributed by atoms with Gasteiger partial charge in [0.15, 0.2) is 28.9 Å². The van der Waals surface area contributed by atoms with Gasteiger partial charge in [0.25, 0.3) is 5.91 Å². The number of hydrogen-bond donors (Lipinski definition) is 1. The van der Waals surface area contributed by atoms with Gasteiger partial charge in [-0.15, -0.1) is 0 Å². The van der Waals surface area contributed by atoms with Crippen molar-refractivity contribution in [1.29, 1.82) is 0 Å². The maximum absolute atomic E-state index is 13.7. The molecule has 124 valence electrons. The second-order valence-corrected chi connectivity index (χ2v) is 5.25. The van der Waals surface area contributed by atoms with E-state index in [1.165, 1.54) is 0 Å². The number of carbonyl (C=O) groups excluding carboxylic acids is 1. The molecule has 0 fully saturated rings. The van der Waals surface area contributed by atoms with Crippen molar-refractivity contribution in [3.05, 3.63) is 53.3 Å². The second-order valence-electron chi connectivity index (χ2n) is 5.25. The largest absolute Gasteiger partial charge is 0.377 e. The fraction of sp³-hybridized carbons (Fsp3) is 0.125. The van der Waals surface area contributed by atoms with E-state index in [1.807, 2.05) is 0 Å². The summed E-state index contributed by atoms with van der Waals surface area (Å²) in [5.74, 6) is -5.54. The van der Waals surface area contributed by atoms with Gasteiger partial charge in [0, 0.05) is 14.1 Å². The summed E-state index contributed by atoms with van der Waals surface area (Å²) in [5.41, 5.74) is 0.504. The van der Waals surface area contributed by atoms with Gasteiger partial charge < -0.3 is 14.7 Å². The molecule has 0 aliphatic heterocycles. The normalized spacial score (nSPS) is 10.9. The smallest absolute Gasteiger partial charge is 0.260 e. The van der Waals surface area contributed by atoms with E-state index in [0.717, 1.165) is 11.8 Å². The summed E-state index contributed by atoms with van der Waals surface area (Å²) < 4.78 is 45.1. The minimum atomic E-state index is -1.71. The highest BCUT2D eigenvalue weighted by molar-refractivity contribution is 6.10. The van der Waals surface area contributed by atoms with Crippen LogP contribution in [0, 0.1) is 17.5 Å². The molecule has 3 aromatic rings. The number of halogens is 3. The molecule has 2 aromatic carbocycles. The maximum Gasteiger partial charge on any atom is 0.260 e. The third-order valence-corrected chi connectivity index (χ3v) is 3.47. The van der Waals surface area contributed by atoms with Gasteiger partial charge in [-0.25, -0.2) is 13.2 Å². The molecule has 0 radical (unpaired) electrons. The van der Waals surface area contributed by atoms with Crippen LogP contribution in [0.5, 0.6) is 0 Å². The van der Waals surface area contributed by atoms with Gasteiger partial charge in [-0.3, -0.25) is 4.79 Å². The Balaban J connectivity index is 2.02. The third kappa shape index (κ3) is 2.55. The monoisotopic (exact) mass is 335 g/mol. The van der Waals surface area contributed by atoms with E-state index in [9.17, 15) is 18.0 Å². The molecule has 5 nitrogen and oxygen atoms in total. The quantitative estimate of drug-likeness (QED) is 0.744. The van der Waals surface area contributed by atoms with E-state index >= 15 is 0 Å². The Labute approximate surface area is 134 Å².